The molecule has 2 aromatic carbocycles. The highest BCUT2D eigenvalue weighted by Crippen LogP contribution is 2.25. The molecule has 0 fully saturated rings. The number of hydrazine groups is 1. The Morgan fingerprint density at radius 3 is 2.67 bits per heavy atom. The summed E-state index contributed by atoms with van der Waals surface area (Å²) in [6.45, 7) is 0.388. The zero-order valence-electron chi connectivity index (χ0n) is 11.2. The Hall–Kier alpha value is -2.66. The van der Waals surface area contributed by atoms with E-state index in [4.69, 9.17) is 10.6 Å². The fraction of sp³-hybridized carbons (Fsp3) is 0.0625. The Balaban J connectivity index is 1.80. The van der Waals surface area contributed by atoms with Crippen molar-refractivity contribution < 1.29 is 9.13 Å². The number of fused-ring (bicyclic) bond motifs is 1. The van der Waals surface area contributed by atoms with Crippen LogP contribution in [0.1, 0.15) is 5.56 Å². The van der Waals surface area contributed by atoms with Crippen LogP contribution in [0.2, 0.25) is 0 Å². The predicted molar refractivity (Wildman–Crippen MR) is 80.3 cm³/mol. The van der Waals surface area contributed by atoms with Gasteiger partial charge in [0.1, 0.15) is 24.0 Å². The number of nitrogen functional groups attached to an aromatic ring is 1. The molecule has 0 bridgehead atoms. The summed E-state index contributed by atoms with van der Waals surface area (Å²) in [6, 6.07) is 13.8. The van der Waals surface area contributed by atoms with Gasteiger partial charge in [0, 0.05) is 11.6 Å². The molecule has 4 nitrogen and oxygen atoms in total. The minimum Gasteiger partial charge on any atom is -0.489 e. The van der Waals surface area contributed by atoms with E-state index < -0.39 is 0 Å². The van der Waals surface area contributed by atoms with Crippen LogP contribution in [0.3, 0.4) is 0 Å². The van der Waals surface area contributed by atoms with Crippen molar-refractivity contribution in [2.75, 3.05) is 5.43 Å². The van der Waals surface area contributed by atoms with Crippen molar-refractivity contribution in [1.82, 2.24) is 4.98 Å². The van der Waals surface area contributed by atoms with E-state index in [0.29, 0.717) is 12.4 Å². The summed E-state index contributed by atoms with van der Waals surface area (Å²) in [5.41, 5.74) is 3.48. The van der Waals surface area contributed by atoms with E-state index >= 15 is 0 Å². The van der Waals surface area contributed by atoms with Gasteiger partial charge in [-0.25, -0.2) is 15.2 Å². The van der Waals surface area contributed by atoms with Gasteiger partial charge in [-0.1, -0.05) is 12.1 Å². The Kier molecular flexibility index (Phi) is 3.66. The number of nitrogens with zero attached hydrogens (tertiary/aromatic N) is 1. The number of anilines is 1. The molecule has 0 unspecified atom stereocenters. The van der Waals surface area contributed by atoms with Gasteiger partial charge in [0.05, 0.1) is 0 Å². The molecule has 0 saturated carbocycles. The molecule has 5 heteroatoms. The summed E-state index contributed by atoms with van der Waals surface area (Å²) in [4.78, 5) is 4.14. The molecule has 0 radical (unpaired) electrons. The SMILES string of the molecule is NNc1nccc2cc(OCc3ccc(F)cc3)ccc12. The molecule has 0 atom stereocenters. The number of hydrogen-bond donors (Lipinski definition) is 2. The first-order chi connectivity index (χ1) is 10.3. The van der Waals surface area contributed by atoms with Gasteiger partial charge in [-0.15, -0.1) is 0 Å². The summed E-state index contributed by atoms with van der Waals surface area (Å²) in [5.74, 6) is 6.54. The van der Waals surface area contributed by atoms with Crippen LogP contribution in [0.5, 0.6) is 5.75 Å². The molecule has 0 aliphatic carbocycles. The van der Waals surface area contributed by atoms with Gasteiger partial charge in [0.15, 0.2) is 0 Å². The lowest BCUT2D eigenvalue weighted by Crippen LogP contribution is -2.08. The second-order valence-corrected chi connectivity index (χ2v) is 4.60. The number of halogens is 1. The van der Waals surface area contributed by atoms with Gasteiger partial charge < -0.3 is 10.2 Å². The highest BCUT2D eigenvalue weighted by atomic mass is 19.1. The molecule has 0 spiro atoms. The number of benzene rings is 2. The van der Waals surface area contributed by atoms with Crippen LogP contribution in [0.25, 0.3) is 10.8 Å². The number of ether oxygens (including phenoxy) is 1. The summed E-state index contributed by atoms with van der Waals surface area (Å²) >= 11 is 0. The monoisotopic (exact) mass is 283 g/mol. The maximum Gasteiger partial charge on any atom is 0.147 e. The third-order valence-corrected chi connectivity index (χ3v) is 3.19. The highest BCUT2D eigenvalue weighted by Gasteiger charge is 2.03. The van der Waals surface area contributed by atoms with Gasteiger partial charge in [0.25, 0.3) is 0 Å². The molecule has 1 aromatic heterocycles. The first-order valence-corrected chi connectivity index (χ1v) is 6.49. The zero-order valence-corrected chi connectivity index (χ0v) is 11.2. The first-order valence-electron chi connectivity index (χ1n) is 6.49. The standard InChI is InChI=1S/C16H14FN3O/c17-13-3-1-11(2-4-13)10-21-14-5-6-15-12(9-14)7-8-19-16(15)20-18/h1-9H,10,18H2,(H,19,20). The van der Waals surface area contributed by atoms with Crippen LogP contribution in [0.15, 0.2) is 54.7 Å². The third-order valence-electron chi connectivity index (χ3n) is 3.19. The van der Waals surface area contributed by atoms with Gasteiger partial charge in [-0.05, 0) is 47.3 Å². The quantitative estimate of drug-likeness (QED) is 0.570. The van der Waals surface area contributed by atoms with Gasteiger partial charge in [-0.3, -0.25) is 0 Å². The van der Waals surface area contributed by atoms with E-state index in [1.807, 2.05) is 24.3 Å². The van der Waals surface area contributed by atoms with E-state index in [-0.39, 0.29) is 5.82 Å². The fourth-order valence-electron chi connectivity index (χ4n) is 2.11. The van der Waals surface area contributed by atoms with E-state index in [1.165, 1.54) is 12.1 Å². The van der Waals surface area contributed by atoms with Crippen molar-refractivity contribution in [3.63, 3.8) is 0 Å². The van der Waals surface area contributed by atoms with E-state index in [0.717, 1.165) is 22.1 Å². The number of nitrogens with one attached hydrogen (secondary N) is 1. The maximum atomic E-state index is 12.8. The van der Waals surface area contributed by atoms with E-state index in [1.54, 1.807) is 18.3 Å². The van der Waals surface area contributed by atoms with Crippen molar-refractivity contribution in [3.05, 3.63) is 66.1 Å². The fourth-order valence-corrected chi connectivity index (χ4v) is 2.11. The summed E-state index contributed by atoms with van der Waals surface area (Å²) in [7, 11) is 0. The number of hydrogen-bond acceptors (Lipinski definition) is 4. The summed E-state index contributed by atoms with van der Waals surface area (Å²) in [5, 5.41) is 1.91. The van der Waals surface area contributed by atoms with Crippen molar-refractivity contribution in [2.45, 2.75) is 6.61 Å². The number of pyridine rings is 1. The predicted octanol–water partition coefficient (Wildman–Crippen LogP) is 3.24. The largest absolute Gasteiger partial charge is 0.489 e. The molecule has 21 heavy (non-hydrogen) atoms. The van der Waals surface area contributed by atoms with Crippen molar-refractivity contribution in [1.29, 1.82) is 0 Å². The zero-order chi connectivity index (χ0) is 14.7. The molecule has 0 saturated heterocycles. The van der Waals surface area contributed by atoms with Crippen LogP contribution in [-0.2, 0) is 6.61 Å². The molecule has 1 heterocycles. The molecular formula is C16H14FN3O. The van der Waals surface area contributed by atoms with E-state index in [9.17, 15) is 4.39 Å². The van der Waals surface area contributed by atoms with Crippen LogP contribution < -0.4 is 16.0 Å². The van der Waals surface area contributed by atoms with Crippen molar-refractivity contribution in [2.24, 2.45) is 5.84 Å². The normalized spacial score (nSPS) is 10.6. The van der Waals surface area contributed by atoms with Gasteiger partial charge in [0.2, 0.25) is 0 Å². The molecule has 3 N–H and O–H groups in total. The van der Waals surface area contributed by atoms with Gasteiger partial charge >= 0.3 is 0 Å². The topological polar surface area (TPSA) is 60.2 Å². The van der Waals surface area contributed by atoms with Crippen molar-refractivity contribution in [3.8, 4) is 5.75 Å². The lowest BCUT2D eigenvalue weighted by atomic mass is 10.1. The summed E-state index contributed by atoms with van der Waals surface area (Å²) in [6.07, 6.45) is 1.68. The second kappa shape index (κ2) is 5.76. The maximum absolute atomic E-state index is 12.8. The highest BCUT2D eigenvalue weighted by molar-refractivity contribution is 5.92. The Labute approximate surface area is 121 Å². The summed E-state index contributed by atoms with van der Waals surface area (Å²) < 4.78 is 18.6. The molecular weight excluding hydrogens is 269 g/mol. The van der Waals surface area contributed by atoms with Crippen LogP contribution in [0, 0.1) is 5.82 Å². The average Bonchev–Trinajstić information content (AvgIpc) is 2.53. The first kappa shape index (κ1) is 13.3. The minimum absolute atomic E-state index is 0.251. The minimum atomic E-state index is -0.251. The Morgan fingerprint density at radius 1 is 1.10 bits per heavy atom. The number of rotatable bonds is 4. The van der Waals surface area contributed by atoms with Gasteiger partial charge in [-0.2, -0.15) is 0 Å². The third kappa shape index (κ3) is 2.93. The van der Waals surface area contributed by atoms with Crippen LogP contribution in [0.4, 0.5) is 10.2 Å². The second-order valence-electron chi connectivity index (χ2n) is 4.60. The average molecular weight is 283 g/mol. The molecule has 3 aromatic rings. The molecule has 0 amide bonds. The Morgan fingerprint density at radius 2 is 1.90 bits per heavy atom. The van der Waals surface area contributed by atoms with Crippen LogP contribution in [-0.4, -0.2) is 4.98 Å². The lowest BCUT2D eigenvalue weighted by molar-refractivity contribution is 0.306. The molecule has 106 valence electrons. The lowest BCUT2D eigenvalue weighted by Gasteiger charge is -2.09. The van der Waals surface area contributed by atoms with Crippen LogP contribution >= 0.6 is 0 Å². The number of nitrogens with two attached hydrogens (primary N) is 1. The molecule has 0 aliphatic heterocycles. The van der Waals surface area contributed by atoms with Crippen molar-refractivity contribution >= 4 is 16.6 Å². The Bertz CT molecular complexity index is 759. The molecule has 0 aliphatic rings. The molecule has 3 rings (SSSR count). The number of aromatic nitrogens is 1. The van der Waals surface area contributed by atoms with E-state index in [2.05, 4.69) is 10.4 Å². The smallest absolute Gasteiger partial charge is 0.147 e.